The molecule has 2 aromatic heterocycles. The maximum absolute atomic E-state index is 12.0. The number of fused-ring (bicyclic) bond motifs is 1. The molecule has 0 atom stereocenters. The number of hydrogen-bond acceptors (Lipinski definition) is 7. The first-order valence-electron chi connectivity index (χ1n) is 7.47. The average Bonchev–Trinajstić information content (AvgIpc) is 2.97. The molecule has 0 spiro atoms. The fraction of sp³-hybridized carbons (Fsp3) is 0.250. The van der Waals surface area contributed by atoms with E-state index in [0.717, 1.165) is 16.0 Å². The zero-order valence-electron chi connectivity index (χ0n) is 13.1. The molecule has 1 amide bonds. The Balaban J connectivity index is 1.55. The van der Waals surface area contributed by atoms with Gasteiger partial charge in [-0.15, -0.1) is 0 Å². The Hall–Kier alpha value is -2.19. The second-order valence-corrected chi connectivity index (χ2v) is 6.85. The smallest absolute Gasteiger partial charge is 0.226 e. The molecule has 0 aliphatic carbocycles. The lowest BCUT2D eigenvalue weighted by atomic mass is 10.3. The highest BCUT2D eigenvalue weighted by molar-refractivity contribution is 7.99. The fourth-order valence-corrected chi connectivity index (χ4v) is 3.64. The van der Waals surface area contributed by atoms with Crippen LogP contribution in [0.15, 0.2) is 41.8 Å². The van der Waals surface area contributed by atoms with Crippen LogP contribution in [-0.4, -0.2) is 33.2 Å². The van der Waals surface area contributed by atoms with E-state index in [0.29, 0.717) is 29.1 Å². The predicted molar refractivity (Wildman–Crippen MR) is 96.8 cm³/mol. The van der Waals surface area contributed by atoms with E-state index in [1.807, 2.05) is 25.1 Å². The predicted octanol–water partition coefficient (Wildman–Crippen LogP) is 3.61. The molecule has 24 heavy (non-hydrogen) atoms. The molecule has 3 rings (SSSR count). The van der Waals surface area contributed by atoms with Crippen molar-refractivity contribution in [2.24, 2.45) is 0 Å². The van der Waals surface area contributed by atoms with Crippen LogP contribution in [0.4, 0.5) is 5.13 Å². The van der Waals surface area contributed by atoms with Crippen LogP contribution in [0.3, 0.4) is 0 Å². The number of hydrogen-bond donors (Lipinski definition) is 1. The van der Waals surface area contributed by atoms with E-state index in [-0.39, 0.29) is 5.91 Å². The van der Waals surface area contributed by atoms with Gasteiger partial charge in [0.15, 0.2) is 10.3 Å². The molecule has 0 saturated carbocycles. The largest absolute Gasteiger partial charge is 0.494 e. The Bertz CT molecular complexity index is 823. The number of nitrogens with zero attached hydrogens (tertiary/aromatic N) is 3. The molecule has 1 aromatic carbocycles. The van der Waals surface area contributed by atoms with E-state index < -0.39 is 0 Å². The van der Waals surface area contributed by atoms with Crippen LogP contribution in [0.25, 0.3) is 10.2 Å². The van der Waals surface area contributed by atoms with Crippen LogP contribution in [-0.2, 0) is 4.79 Å². The van der Waals surface area contributed by atoms with Gasteiger partial charge in [0.1, 0.15) is 5.75 Å². The monoisotopic (exact) mass is 360 g/mol. The number of benzene rings is 1. The number of rotatable bonds is 7. The van der Waals surface area contributed by atoms with Gasteiger partial charge in [0.2, 0.25) is 5.91 Å². The molecule has 124 valence electrons. The van der Waals surface area contributed by atoms with E-state index in [4.69, 9.17) is 4.74 Å². The lowest BCUT2D eigenvalue weighted by Gasteiger charge is -2.00. The molecular formula is C16H16N4O2S2. The van der Waals surface area contributed by atoms with E-state index in [2.05, 4.69) is 20.3 Å². The van der Waals surface area contributed by atoms with Crippen molar-refractivity contribution in [1.29, 1.82) is 0 Å². The Morgan fingerprint density at radius 1 is 1.33 bits per heavy atom. The van der Waals surface area contributed by atoms with E-state index >= 15 is 0 Å². The maximum atomic E-state index is 12.0. The lowest BCUT2D eigenvalue weighted by molar-refractivity contribution is -0.115. The van der Waals surface area contributed by atoms with Gasteiger partial charge < -0.3 is 10.1 Å². The normalized spacial score (nSPS) is 10.7. The minimum absolute atomic E-state index is 0.0671. The highest BCUT2D eigenvalue weighted by atomic mass is 32.2. The van der Waals surface area contributed by atoms with Crippen molar-refractivity contribution in [2.45, 2.75) is 18.5 Å². The van der Waals surface area contributed by atoms with Gasteiger partial charge in [0.25, 0.3) is 0 Å². The van der Waals surface area contributed by atoms with Crippen molar-refractivity contribution in [1.82, 2.24) is 15.0 Å². The molecule has 0 aliphatic heterocycles. The van der Waals surface area contributed by atoms with Crippen LogP contribution in [0.5, 0.6) is 5.75 Å². The average molecular weight is 360 g/mol. The summed E-state index contributed by atoms with van der Waals surface area (Å²) in [5, 5.41) is 4.12. The summed E-state index contributed by atoms with van der Waals surface area (Å²) in [5.41, 5.74) is 0.853. The SMILES string of the molecule is CCOc1ccc2nc(NC(=O)CCSc3ncccn3)sc2c1. The number of anilines is 1. The van der Waals surface area contributed by atoms with Crippen LogP contribution < -0.4 is 10.1 Å². The molecule has 0 bridgehead atoms. The summed E-state index contributed by atoms with van der Waals surface area (Å²) in [6.45, 7) is 2.57. The second-order valence-electron chi connectivity index (χ2n) is 4.76. The summed E-state index contributed by atoms with van der Waals surface area (Å²) in [4.78, 5) is 24.7. The first kappa shape index (κ1) is 16.7. The first-order chi connectivity index (χ1) is 11.7. The standard InChI is InChI=1S/C16H16N4O2S2/c1-2-22-11-4-5-12-13(10-11)24-16(19-12)20-14(21)6-9-23-15-17-7-3-8-18-15/h3-5,7-8,10H,2,6,9H2,1H3,(H,19,20,21). The van der Waals surface area contributed by atoms with E-state index in [1.165, 1.54) is 23.1 Å². The molecule has 3 aromatic rings. The molecule has 2 heterocycles. The summed E-state index contributed by atoms with van der Waals surface area (Å²) >= 11 is 2.90. The summed E-state index contributed by atoms with van der Waals surface area (Å²) in [5.74, 6) is 1.36. The summed E-state index contributed by atoms with van der Waals surface area (Å²) in [6.07, 6.45) is 3.75. The van der Waals surface area contributed by atoms with E-state index in [9.17, 15) is 4.79 Å². The number of amides is 1. The summed E-state index contributed by atoms with van der Waals surface area (Å²) < 4.78 is 6.47. The lowest BCUT2D eigenvalue weighted by Crippen LogP contribution is -2.11. The number of thiazole rings is 1. The number of nitrogens with one attached hydrogen (secondary N) is 1. The molecule has 1 N–H and O–H groups in total. The van der Waals surface area contributed by atoms with Crippen molar-refractivity contribution in [2.75, 3.05) is 17.7 Å². The van der Waals surface area contributed by atoms with Crippen LogP contribution in [0.2, 0.25) is 0 Å². The number of thioether (sulfide) groups is 1. The van der Waals surface area contributed by atoms with Gasteiger partial charge in [0, 0.05) is 24.6 Å². The van der Waals surface area contributed by atoms with Crippen LogP contribution in [0, 0.1) is 0 Å². The minimum Gasteiger partial charge on any atom is -0.494 e. The fourth-order valence-electron chi connectivity index (χ4n) is 1.99. The van der Waals surface area contributed by atoms with Crippen LogP contribution in [0.1, 0.15) is 13.3 Å². The summed E-state index contributed by atoms with van der Waals surface area (Å²) in [6, 6.07) is 7.48. The van der Waals surface area contributed by atoms with Crippen molar-refractivity contribution in [3.05, 3.63) is 36.7 Å². The van der Waals surface area contributed by atoms with Crippen LogP contribution >= 0.6 is 23.1 Å². The highest BCUT2D eigenvalue weighted by Gasteiger charge is 2.09. The van der Waals surface area contributed by atoms with Gasteiger partial charge in [-0.2, -0.15) is 0 Å². The van der Waals surface area contributed by atoms with Gasteiger partial charge in [-0.3, -0.25) is 4.79 Å². The van der Waals surface area contributed by atoms with Gasteiger partial charge in [-0.25, -0.2) is 15.0 Å². The Kier molecular flexibility index (Phi) is 5.60. The molecule has 8 heteroatoms. The zero-order chi connectivity index (χ0) is 16.8. The zero-order valence-corrected chi connectivity index (χ0v) is 14.7. The van der Waals surface area contributed by atoms with Gasteiger partial charge >= 0.3 is 0 Å². The molecule has 6 nitrogen and oxygen atoms in total. The van der Waals surface area contributed by atoms with Crippen molar-refractivity contribution >= 4 is 44.4 Å². The topological polar surface area (TPSA) is 77.0 Å². The van der Waals surface area contributed by atoms with Gasteiger partial charge in [-0.1, -0.05) is 23.1 Å². The number of ether oxygens (including phenoxy) is 1. The third-order valence-electron chi connectivity index (χ3n) is 3.02. The van der Waals surface area contributed by atoms with Crippen molar-refractivity contribution in [3.63, 3.8) is 0 Å². The third kappa shape index (κ3) is 4.42. The Morgan fingerprint density at radius 2 is 2.17 bits per heavy atom. The number of carbonyl (C=O) groups excluding carboxylic acids is 1. The quantitative estimate of drug-likeness (QED) is 0.512. The van der Waals surface area contributed by atoms with E-state index in [1.54, 1.807) is 18.5 Å². The Labute approximate surface area is 147 Å². The molecule has 0 fully saturated rings. The van der Waals surface area contributed by atoms with Gasteiger partial charge in [-0.05, 0) is 31.2 Å². The molecule has 0 unspecified atom stereocenters. The highest BCUT2D eigenvalue weighted by Crippen LogP contribution is 2.29. The first-order valence-corrected chi connectivity index (χ1v) is 9.28. The third-order valence-corrected chi connectivity index (χ3v) is 4.83. The van der Waals surface area contributed by atoms with Gasteiger partial charge in [0.05, 0.1) is 16.8 Å². The molecular weight excluding hydrogens is 344 g/mol. The van der Waals surface area contributed by atoms with Crippen molar-refractivity contribution in [3.8, 4) is 5.75 Å². The van der Waals surface area contributed by atoms with Crippen molar-refractivity contribution < 1.29 is 9.53 Å². The second kappa shape index (κ2) is 8.07. The number of aromatic nitrogens is 3. The minimum atomic E-state index is -0.0671. The Morgan fingerprint density at radius 3 is 2.96 bits per heavy atom. The summed E-state index contributed by atoms with van der Waals surface area (Å²) in [7, 11) is 0. The molecule has 0 saturated heterocycles. The number of carbonyl (C=O) groups is 1. The molecule has 0 radical (unpaired) electrons. The molecule has 0 aliphatic rings. The maximum Gasteiger partial charge on any atom is 0.226 e.